The van der Waals surface area contributed by atoms with Crippen LogP contribution in [0, 0.1) is 0 Å². The molecule has 0 fully saturated rings. The van der Waals surface area contributed by atoms with E-state index in [2.05, 4.69) is 44.2 Å². The largest absolute Gasteiger partial charge is 0.472 e. The summed E-state index contributed by atoms with van der Waals surface area (Å²) in [5.74, 6) is -0.975. The van der Waals surface area contributed by atoms with Crippen molar-refractivity contribution >= 4 is 19.8 Å². The molecule has 0 aromatic carbocycles. The van der Waals surface area contributed by atoms with E-state index < -0.39 is 51.8 Å². The Bertz CT molecular complexity index is 1140. The zero-order valence-corrected chi connectivity index (χ0v) is 41.4. The Morgan fingerprint density at radius 2 is 0.841 bits per heavy atom. The molecule has 0 aromatic rings. The van der Waals surface area contributed by atoms with E-state index >= 15 is 0 Å². The number of aliphatic hydroxyl groups excluding tert-OH is 2. The first-order chi connectivity index (χ1) is 30.7. The Balaban J connectivity index is 4.19. The number of phosphoric acid groups is 1. The molecule has 0 amide bonds. The number of ether oxygens (including phenoxy) is 2. The molecule has 63 heavy (non-hydrogen) atoms. The van der Waals surface area contributed by atoms with E-state index in [1.165, 1.54) is 161 Å². The molecule has 0 spiro atoms. The van der Waals surface area contributed by atoms with E-state index in [0.717, 1.165) is 38.5 Å². The molecule has 0 aromatic heterocycles. The number of hydrogen-bond donors (Lipinski definition) is 3. The van der Waals surface area contributed by atoms with Gasteiger partial charge in [-0.15, -0.1) is 0 Å². The van der Waals surface area contributed by atoms with Crippen molar-refractivity contribution in [2.45, 2.75) is 257 Å². The van der Waals surface area contributed by atoms with Gasteiger partial charge in [0.25, 0.3) is 0 Å². The summed E-state index contributed by atoms with van der Waals surface area (Å²) in [5.41, 5.74) is 0. The van der Waals surface area contributed by atoms with Gasteiger partial charge in [-0.25, -0.2) is 4.57 Å². The first-order valence-electron chi connectivity index (χ1n) is 25.9. The summed E-state index contributed by atoms with van der Waals surface area (Å²) < 4.78 is 32.8. The Morgan fingerprint density at radius 1 is 0.476 bits per heavy atom. The van der Waals surface area contributed by atoms with Gasteiger partial charge in [0.2, 0.25) is 0 Å². The molecular weight excluding hydrogens is 816 g/mol. The molecule has 0 saturated heterocycles. The quantitative estimate of drug-likeness (QED) is 0.0233. The lowest BCUT2D eigenvalue weighted by Gasteiger charge is -2.20. The van der Waals surface area contributed by atoms with Gasteiger partial charge in [0.15, 0.2) is 6.10 Å². The second-order valence-electron chi connectivity index (χ2n) is 17.6. The highest BCUT2D eigenvalue weighted by molar-refractivity contribution is 7.47. The Hall–Kier alpha value is -1.81. The van der Waals surface area contributed by atoms with Crippen LogP contribution in [0.3, 0.4) is 0 Å². The number of unbranched alkanes of at least 4 members (excludes halogenated alkanes) is 29. The van der Waals surface area contributed by atoms with Crippen LogP contribution in [0.25, 0.3) is 0 Å². The summed E-state index contributed by atoms with van der Waals surface area (Å²) in [4.78, 5) is 35.1. The second-order valence-corrected chi connectivity index (χ2v) is 19.0. The lowest BCUT2D eigenvalue weighted by Crippen LogP contribution is -2.29. The average molecular weight is 913 g/mol. The van der Waals surface area contributed by atoms with Crippen molar-refractivity contribution in [2.24, 2.45) is 0 Å². The van der Waals surface area contributed by atoms with Gasteiger partial charge < -0.3 is 24.6 Å². The zero-order chi connectivity index (χ0) is 46.2. The number of hydrogen-bond acceptors (Lipinski definition) is 9. The number of rotatable bonds is 49. The molecule has 0 radical (unpaired) electrons. The van der Waals surface area contributed by atoms with Crippen molar-refractivity contribution in [3.8, 4) is 0 Å². The lowest BCUT2D eigenvalue weighted by molar-refractivity contribution is -0.161. The fraction of sp³-hybridized carbons (Fsp3) is 0.846. The third-order valence-electron chi connectivity index (χ3n) is 11.3. The SMILES string of the molecule is CCCCCCCC/C=C/C/C=C/C/C=C/CCCC(=O)OC[C@H](COP(=O)(O)OC[C@@H](O)CO)OC(=O)CCCCCCCCCCCCCCCCCCCCCCCCC. The third kappa shape index (κ3) is 48.0. The van der Waals surface area contributed by atoms with Gasteiger partial charge in [0.05, 0.1) is 19.8 Å². The Kier molecular flexibility index (Phi) is 46.7. The smallest absolute Gasteiger partial charge is 0.462 e. The molecule has 370 valence electrons. The molecule has 3 atom stereocenters. The van der Waals surface area contributed by atoms with E-state index in [0.29, 0.717) is 19.3 Å². The van der Waals surface area contributed by atoms with Gasteiger partial charge in [0.1, 0.15) is 12.7 Å². The summed E-state index contributed by atoms with van der Waals surface area (Å²) in [6.07, 6.45) is 52.7. The molecule has 0 aliphatic carbocycles. The molecule has 1 unspecified atom stereocenters. The number of aliphatic hydroxyl groups is 2. The van der Waals surface area contributed by atoms with E-state index in [4.69, 9.17) is 23.6 Å². The molecular formula is C52H97O10P. The van der Waals surface area contributed by atoms with Gasteiger partial charge in [-0.2, -0.15) is 0 Å². The van der Waals surface area contributed by atoms with E-state index in [9.17, 15) is 24.2 Å². The van der Waals surface area contributed by atoms with Gasteiger partial charge in [-0.05, 0) is 44.9 Å². The summed E-state index contributed by atoms with van der Waals surface area (Å²) in [5, 5.41) is 18.4. The van der Waals surface area contributed by atoms with Crippen molar-refractivity contribution in [3.05, 3.63) is 36.5 Å². The fourth-order valence-electron chi connectivity index (χ4n) is 7.31. The summed E-state index contributed by atoms with van der Waals surface area (Å²) >= 11 is 0. The highest BCUT2D eigenvalue weighted by atomic mass is 31.2. The molecule has 0 aliphatic heterocycles. The lowest BCUT2D eigenvalue weighted by atomic mass is 10.0. The number of phosphoric ester groups is 1. The van der Waals surface area contributed by atoms with Crippen LogP contribution >= 0.6 is 7.82 Å². The fourth-order valence-corrected chi connectivity index (χ4v) is 8.10. The zero-order valence-electron chi connectivity index (χ0n) is 40.5. The van der Waals surface area contributed by atoms with Crippen molar-refractivity contribution in [1.82, 2.24) is 0 Å². The van der Waals surface area contributed by atoms with Crippen molar-refractivity contribution < 1.29 is 47.8 Å². The summed E-state index contributed by atoms with van der Waals surface area (Å²) in [7, 11) is -4.63. The number of carbonyl (C=O) groups is 2. The molecule has 0 aliphatic rings. The van der Waals surface area contributed by atoms with Crippen LogP contribution < -0.4 is 0 Å². The minimum atomic E-state index is -4.63. The van der Waals surface area contributed by atoms with E-state index in [1.54, 1.807) is 0 Å². The molecule has 0 heterocycles. The molecule has 0 rings (SSSR count). The maximum atomic E-state index is 12.7. The topological polar surface area (TPSA) is 149 Å². The predicted molar refractivity (Wildman–Crippen MR) is 261 cm³/mol. The van der Waals surface area contributed by atoms with Crippen LogP contribution in [0.1, 0.15) is 245 Å². The minimum absolute atomic E-state index is 0.172. The van der Waals surface area contributed by atoms with Crippen LogP contribution in [0.2, 0.25) is 0 Å². The van der Waals surface area contributed by atoms with Crippen LogP contribution in [-0.2, 0) is 32.7 Å². The van der Waals surface area contributed by atoms with Crippen molar-refractivity contribution in [2.75, 3.05) is 26.4 Å². The molecule has 0 saturated carbocycles. The maximum Gasteiger partial charge on any atom is 0.472 e. The summed E-state index contributed by atoms with van der Waals surface area (Å²) in [6.45, 7) is 2.36. The van der Waals surface area contributed by atoms with Gasteiger partial charge in [-0.1, -0.05) is 224 Å². The Labute approximate surface area is 386 Å². The molecule has 11 heteroatoms. The second kappa shape index (κ2) is 48.1. The third-order valence-corrected chi connectivity index (χ3v) is 12.2. The minimum Gasteiger partial charge on any atom is -0.462 e. The van der Waals surface area contributed by atoms with Crippen LogP contribution in [0.4, 0.5) is 0 Å². The van der Waals surface area contributed by atoms with E-state index in [-0.39, 0.29) is 19.4 Å². The predicted octanol–water partition coefficient (Wildman–Crippen LogP) is 14.7. The van der Waals surface area contributed by atoms with Crippen molar-refractivity contribution in [1.29, 1.82) is 0 Å². The van der Waals surface area contributed by atoms with Gasteiger partial charge in [0, 0.05) is 12.8 Å². The van der Waals surface area contributed by atoms with Gasteiger partial charge in [-0.3, -0.25) is 18.6 Å². The first-order valence-corrected chi connectivity index (χ1v) is 27.4. The standard InChI is InChI=1S/C52H97O10P/c1-3-5-7-9-11-13-15-17-19-21-22-23-24-25-26-28-30-32-34-36-38-40-42-44-52(56)62-50(48-61-63(57,58)60-46-49(54)45-53)47-59-51(55)43-41-39-37-35-33-31-29-27-20-18-16-14-12-10-8-6-4-2/h18,20,29,31,35,37,49-50,53-54H,3-17,19,21-28,30,32-34,36,38-48H2,1-2H3,(H,57,58)/b20-18+,31-29+,37-35+/t49-,50+/m0/s1. The first kappa shape index (κ1) is 61.2. The van der Waals surface area contributed by atoms with Gasteiger partial charge >= 0.3 is 19.8 Å². The normalized spacial score (nSPS) is 13.9. The molecule has 10 nitrogen and oxygen atoms in total. The van der Waals surface area contributed by atoms with Crippen LogP contribution in [-0.4, -0.2) is 65.7 Å². The molecule has 0 bridgehead atoms. The van der Waals surface area contributed by atoms with Crippen LogP contribution in [0.5, 0.6) is 0 Å². The maximum absolute atomic E-state index is 12.7. The number of allylic oxidation sites excluding steroid dienone is 6. The van der Waals surface area contributed by atoms with Crippen molar-refractivity contribution in [3.63, 3.8) is 0 Å². The summed E-state index contributed by atoms with van der Waals surface area (Å²) in [6, 6.07) is 0. The number of carbonyl (C=O) groups excluding carboxylic acids is 2. The Morgan fingerprint density at radius 3 is 1.29 bits per heavy atom. The van der Waals surface area contributed by atoms with E-state index in [1.807, 2.05) is 6.08 Å². The average Bonchev–Trinajstić information content (AvgIpc) is 3.27. The monoisotopic (exact) mass is 913 g/mol. The highest BCUT2D eigenvalue weighted by Gasteiger charge is 2.27. The van der Waals surface area contributed by atoms with Crippen LogP contribution in [0.15, 0.2) is 36.5 Å². The number of esters is 2. The highest BCUT2D eigenvalue weighted by Crippen LogP contribution is 2.43. The molecule has 3 N–H and O–H groups in total.